The largest absolute Gasteiger partial charge is 0.456 e. The number of ether oxygens (including phenoxy) is 1. The molecule has 0 amide bonds. The maximum Gasteiger partial charge on any atom is 0.141 e. The predicted molar refractivity (Wildman–Crippen MR) is 313 cm³/mol. The van der Waals surface area contributed by atoms with Crippen LogP contribution in [0.4, 0.5) is 17.1 Å². The third kappa shape index (κ3) is 6.15. The van der Waals surface area contributed by atoms with Gasteiger partial charge in [-0.05, 0) is 91.3 Å². The van der Waals surface area contributed by atoms with Crippen molar-refractivity contribution < 1.29 is 9.15 Å². The van der Waals surface area contributed by atoms with E-state index in [1.54, 1.807) is 0 Å². The summed E-state index contributed by atoms with van der Waals surface area (Å²) in [7, 11) is 2.13. The summed E-state index contributed by atoms with van der Waals surface area (Å²) in [6.07, 6.45) is 2.09. The molecule has 76 heavy (non-hydrogen) atoms. The number of hydrogen-bond donors (Lipinski definition) is 0. The Morgan fingerprint density at radius 3 is 1.53 bits per heavy atom. The number of anilines is 3. The molecule has 0 bridgehead atoms. The van der Waals surface area contributed by atoms with E-state index >= 15 is 0 Å². The van der Waals surface area contributed by atoms with Crippen LogP contribution in [-0.4, -0.2) is 32.4 Å². The molecule has 0 unspecified atom stereocenters. The predicted octanol–water partition coefficient (Wildman–Crippen LogP) is 17.6. The molecule has 5 aromatic heterocycles. The molecule has 0 fully saturated rings. The van der Waals surface area contributed by atoms with E-state index in [4.69, 9.17) is 14.1 Å². The average molecular weight is 979 g/mol. The SMILES string of the molecule is Cc1cc(-n2c3ccccc3c3ccc(Oc4cc(N5CN(C)c6ccccc65)cc5oc6ccccc6c45)cc32)ncc1-c1c(-n2c3ccccc3c3ccccc32)cccc1-n1c2ccccc2c2ccccc21. The van der Waals surface area contributed by atoms with Crippen molar-refractivity contribution in [1.82, 2.24) is 18.7 Å². The fourth-order valence-electron chi connectivity index (χ4n) is 12.5. The summed E-state index contributed by atoms with van der Waals surface area (Å²) < 4.78 is 20.9. The van der Waals surface area contributed by atoms with Gasteiger partial charge < -0.3 is 28.1 Å². The van der Waals surface area contributed by atoms with Crippen molar-refractivity contribution >= 4 is 104 Å². The van der Waals surface area contributed by atoms with Crippen LogP contribution in [0, 0.1) is 6.92 Å². The van der Waals surface area contributed by atoms with Crippen LogP contribution < -0.4 is 14.5 Å². The third-order valence-corrected chi connectivity index (χ3v) is 15.8. The quantitative estimate of drug-likeness (QED) is 0.159. The molecule has 0 spiro atoms. The number of benzene rings is 10. The topological polar surface area (TPSA) is 56.5 Å². The van der Waals surface area contributed by atoms with Crippen molar-refractivity contribution in [3.05, 3.63) is 236 Å². The van der Waals surface area contributed by atoms with Crippen LogP contribution in [0.1, 0.15) is 5.56 Å². The van der Waals surface area contributed by atoms with Gasteiger partial charge in [0.05, 0.1) is 73.6 Å². The first-order valence-corrected chi connectivity index (χ1v) is 25.9. The highest BCUT2D eigenvalue weighted by Gasteiger charge is 2.28. The lowest BCUT2D eigenvalue weighted by Gasteiger charge is -2.21. The van der Waals surface area contributed by atoms with Crippen molar-refractivity contribution in [3.63, 3.8) is 0 Å². The summed E-state index contributed by atoms with van der Waals surface area (Å²) in [5, 5.41) is 9.06. The Morgan fingerprint density at radius 1 is 0.434 bits per heavy atom. The smallest absolute Gasteiger partial charge is 0.141 e. The molecule has 15 aromatic rings. The third-order valence-electron chi connectivity index (χ3n) is 15.8. The number of nitrogens with zero attached hydrogens (tertiary/aromatic N) is 6. The van der Waals surface area contributed by atoms with Gasteiger partial charge in [0.1, 0.15) is 28.5 Å². The highest BCUT2D eigenvalue weighted by Crippen LogP contribution is 2.48. The highest BCUT2D eigenvalue weighted by atomic mass is 16.5. The minimum absolute atomic E-state index is 0.703. The summed E-state index contributed by atoms with van der Waals surface area (Å²) in [5.74, 6) is 2.26. The zero-order chi connectivity index (χ0) is 50.2. The van der Waals surface area contributed by atoms with Crippen LogP contribution in [-0.2, 0) is 0 Å². The summed E-state index contributed by atoms with van der Waals surface area (Å²) in [6, 6.07) is 80.1. The van der Waals surface area contributed by atoms with Crippen LogP contribution in [0.3, 0.4) is 0 Å². The van der Waals surface area contributed by atoms with E-state index in [0.717, 1.165) is 117 Å². The number of aromatic nitrogens is 4. The molecule has 1 aliphatic rings. The van der Waals surface area contributed by atoms with E-state index in [0.29, 0.717) is 12.4 Å². The molecule has 1 aliphatic heterocycles. The van der Waals surface area contributed by atoms with Crippen molar-refractivity contribution in [2.75, 3.05) is 23.5 Å². The molecule has 0 N–H and O–H groups in total. The molecule has 8 heteroatoms. The van der Waals surface area contributed by atoms with E-state index in [2.05, 4.69) is 256 Å². The number of pyridine rings is 1. The number of para-hydroxylation sites is 8. The Kier molecular flexibility index (Phi) is 9.06. The van der Waals surface area contributed by atoms with Gasteiger partial charge in [-0.2, -0.15) is 0 Å². The number of fused-ring (bicyclic) bond motifs is 13. The van der Waals surface area contributed by atoms with Gasteiger partial charge in [-0.1, -0.05) is 127 Å². The van der Waals surface area contributed by atoms with E-state index in [9.17, 15) is 0 Å². The lowest BCUT2D eigenvalue weighted by Crippen LogP contribution is -2.23. The monoisotopic (exact) mass is 978 g/mol. The number of hydrogen-bond acceptors (Lipinski definition) is 5. The lowest BCUT2D eigenvalue weighted by molar-refractivity contribution is 0.489. The first-order valence-electron chi connectivity index (χ1n) is 25.9. The fraction of sp³-hybridized carbons (Fsp3) is 0.0441. The Morgan fingerprint density at radius 2 is 0.934 bits per heavy atom. The van der Waals surface area contributed by atoms with E-state index in [1.807, 2.05) is 12.1 Å². The molecule has 0 aliphatic carbocycles. The van der Waals surface area contributed by atoms with Crippen molar-refractivity contribution in [3.8, 4) is 39.8 Å². The Labute approximate surface area is 436 Å². The minimum atomic E-state index is 0.703. The molecule has 16 rings (SSSR count). The van der Waals surface area contributed by atoms with Gasteiger partial charge in [-0.25, -0.2) is 4.98 Å². The fourth-order valence-corrected chi connectivity index (χ4v) is 12.5. The molecular weight excluding hydrogens is 933 g/mol. The number of furan rings is 1. The van der Waals surface area contributed by atoms with Gasteiger partial charge >= 0.3 is 0 Å². The Balaban J connectivity index is 0.888. The van der Waals surface area contributed by atoms with E-state index in [-0.39, 0.29) is 0 Å². The van der Waals surface area contributed by atoms with Crippen LogP contribution in [0.15, 0.2) is 235 Å². The molecule has 10 aromatic carbocycles. The maximum atomic E-state index is 7.15. The molecule has 0 saturated heterocycles. The van der Waals surface area contributed by atoms with Crippen LogP contribution in [0.5, 0.6) is 11.5 Å². The first kappa shape index (κ1) is 42.5. The second-order valence-electron chi connectivity index (χ2n) is 20.1. The van der Waals surface area contributed by atoms with Gasteiger partial charge in [0.2, 0.25) is 0 Å². The molecule has 8 nitrogen and oxygen atoms in total. The average Bonchev–Trinajstić information content (AvgIpc) is 4.30. The molecule has 6 heterocycles. The zero-order valence-corrected chi connectivity index (χ0v) is 41.6. The van der Waals surface area contributed by atoms with E-state index in [1.165, 1.54) is 27.2 Å². The standard InChI is InChI=1S/C68H46N6O2/c1-42-36-66(69-40-52(42)67-60(72-53-24-9-3-18-45(53)46-19-4-10-25-54(46)72)31-17-32-61(67)73-55-26-11-5-20-47(55)48-21-6-12-27-56(48)73)74-57-28-13-7-22-49(57)50-35-34-44(39-62(50)74)75-64-37-43(71-41-70(2)58-29-14-15-30-59(58)71)38-65-68(64)51-23-8-16-33-63(51)76-65/h3-40H,41H2,1-2H3. The van der Waals surface area contributed by atoms with Crippen molar-refractivity contribution in [2.45, 2.75) is 6.92 Å². The van der Waals surface area contributed by atoms with Gasteiger partial charge in [0, 0.05) is 80.3 Å². The van der Waals surface area contributed by atoms with Crippen molar-refractivity contribution in [2.24, 2.45) is 0 Å². The highest BCUT2D eigenvalue weighted by molar-refractivity contribution is 6.14. The van der Waals surface area contributed by atoms with Gasteiger partial charge in [-0.3, -0.25) is 4.57 Å². The summed E-state index contributed by atoms with van der Waals surface area (Å²) in [4.78, 5) is 10.1. The zero-order valence-electron chi connectivity index (χ0n) is 41.6. The summed E-state index contributed by atoms with van der Waals surface area (Å²) in [6.45, 7) is 2.93. The first-order chi connectivity index (χ1) is 37.5. The number of aryl methyl sites for hydroxylation is 1. The minimum Gasteiger partial charge on any atom is -0.456 e. The Bertz CT molecular complexity index is 4660. The summed E-state index contributed by atoms with van der Waals surface area (Å²) >= 11 is 0. The molecule has 0 radical (unpaired) electrons. The van der Waals surface area contributed by atoms with E-state index < -0.39 is 0 Å². The van der Waals surface area contributed by atoms with Gasteiger partial charge in [0.25, 0.3) is 0 Å². The second kappa shape index (κ2) is 16.2. The second-order valence-corrected chi connectivity index (χ2v) is 20.1. The lowest BCUT2D eigenvalue weighted by atomic mass is 9.98. The molecular formula is C68H46N6O2. The van der Waals surface area contributed by atoms with Gasteiger partial charge in [-0.15, -0.1) is 0 Å². The van der Waals surface area contributed by atoms with Crippen LogP contribution >= 0.6 is 0 Å². The Hall–Kier alpha value is -10.1. The molecule has 360 valence electrons. The molecule has 0 saturated carbocycles. The molecule has 0 atom stereocenters. The van der Waals surface area contributed by atoms with Crippen LogP contribution in [0.25, 0.3) is 116 Å². The number of rotatable bonds is 7. The summed E-state index contributed by atoms with van der Waals surface area (Å²) in [5.41, 5.74) is 17.0. The van der Waals surface area contributed by atoms with Gasteiger partial charge in [0.15, 0.2) is 0 Å². The van der Waals surface area contributed by atoms with Crippen LogP contribution in [0.2, 0.25) is 0 Å². The van der Waals surface area contributed by atoms with Crippen molar-refractivity contribution in [1.29, 1.82) is 0 Å². The maximum absolute atomic E-state index is 7.15. The normalized spacial score (nSPS) is 12.8.